The van der Waals surface area contributed by atoms with Crippen LogP contribution in [0.4, 0.5) is 0 Å². The van der Waals surface area contributed by atoms with Crippen molar-refractivity contribution in [1.82, 2.24) is 9.97 Å². The van der Waals surface area contributed by atoms with E-state index in [0.29, 0.717) is 0 Å². The van der Waals surface area contributed by atoms with Gasteiger partial charge in [-0.2, -0.15) is 0 Å². The second-order valence-corrected chi connectivity index (χ2v) is 3.84. The molecule has 2 heterocycles. The van der Waals surface area contributed by atoms with Gasteiger partial charge < -0.3 is 0 Å². The van der Waals surface area contributed by atoms with Crippen molar-refractivity contribution in [1.29, 1.82) is 0 Å². The van der Waals surface area contributed by atoms with Gasteiger partial charge >= 0.3 is 0 Å². The molecule has 0 atom stereocenters. The minimum atomic E-state index is 0.888. The average molecular weight is 278 g/mol. The molecular weight excluding hydrogens is 268 g/mol. The van der Waals surface area contributed by atoms with E-state index < -0.39 is 0 Å². The molecule has 0 saturated carbocycles. The van der Waals surface area contributed by atoms with E-state index in [0.717, 1.165) is 11.1 Å². The highest BCUT2D eigenvalue weighted by Gasteiger charge is 1.80. The molecule has 2 nitrogen and oxygen atoms in total. The maximum absolute atomic E-state index is 3.91. The molecule has 0 amide bonds. The predicted octanol–water partition coefficient (Wildman–Crippen LogP) is 2.44. The summed E-state index contributed by atoms with van der Waals surface area (Å²) in [7, 11) is 0. The number of aromatic nitrogens is 2. The van der Waals surface area contributed by atoms with Crippen molar-refractivity contribution in [2.75, 3.05) is 0 Å². The lowest BCUT2D eigenvalue weighted by molar-refractivity contribution is 1.32. The van der Waals surface area contributed by atoms with Crippen molar-refractivity contribution < 1.29 is 0 Å². The van der Waals surface area contributed by atoms with Gasteiger partial charge in [-0.25, -0.2) is 0 Å². The van der Waals surface area contributed by atoms with Crippen LogP contribution in [0.15, 0.2) is 61.2 Å². The van der Waals surface area contributed by atoms with Gasteiger partial charge in [0.1, 0.15) is 0 Å². The third kappa shape index (κ3) is 5.95. The zero-order valence-electron chi connectivity index (χ0n) is 11.7. The standard InChI is InChI=1S/C20H10N2/c1(3-5-7-9-19-11-15-21-16-12-19)2-4-6-8-10-20-13-17-22-18-14-20/h1-2,11-18H/b2-1+. The highest BCUT2D eigenvalue weighted by molar-refractivity contribution is 5.42. The first-order valence-corrected chi connectivity index (χ1v) is 6.43. The SMILES string of the molecule is C(C#Cc1ccncc1)#C/C=C/C#CC#Cc1ccncc1. The van der Waals surface area contributed by atoms with Crippen LogP contribution in [0.25, 0.3) is 0 Å². The maximum atomic E-state index is 3.91. The monoisotopic (exact) mass is 278 g/mol. The van der Waals surface area contributed by atoms with Crippen LogP contribution in [0.1, 0.15) is 11.1 Å². The summed E-state index contributed by atoms with van der Waals surface area (Å²) >= 11 is 0. The summed E-state index contributed by atoms with van der Waals surface area (Å²) in [5.41, 5.74) is 1.78. The summed E-state index contributed by atoms with van der Waals surface area (Å²) in [6, 6.07) is 7.32. The van der Waals surface area contributed by atoms with E-state index in [9.17, 15) is 0 Å². The highest BCUT2D eigenvalue weighted by atomic mass is 14.6. The minimum Gasteiger partial charge on any atom is -0.265 e. The van der Waals surface area contributed by atoms with Crippen molar-refractivity contribution in [3.05, 3.63) is 72.3 Å². The van der Waals surface area contributed by atoms with Crippen LogP contribution in [0.3, 0.4) is 0 Å². The predicted molar refractivity (Wildman–Crippen MR) is 86.9 cm³/mol. The molecule has 0 radical (unpaired) electrons. The molecular formula is C20H10N2. The first kappa shape index (κ1) is 14.7. The van der Waals surface area contributed by atoms with Gasteiger partial charge in [-0.3, -0.25) is 9.97 Å². The molecule has 0 N–H and O–H groups in total. The fourth-order valence-corrected chi connectivity index (χ4v) is 1.32. The number of allylic oxidation sites excluding steroid dienone is 2. The molecule has 22 heavy (non-hydrogen) atoms. The first-order valence-electron chi connectivity index (χ1n) is 6.43. The van der Waals surface area contributed by atoms with E-state index in [1.54, 1.807) is 36.9 Å². The molecule has 0 saturated heterocycles. The molecule has 0 aliphatic heterocycles. The Morgan fingerprint density at radius 3 is 1.41 bits per heavy atom. The van der Waals surface area contributed by atoms with Crippen LogP contribution in [0.2, 0.25) is 0 Å². The van der Waals surface area contributed by atoms with Crippen molar-refractivity contribution in [2.45, 2.75) is 0 Å². The number of nitrogens with zero attached hydrogens (tertiary/aromatic N) is 2. The Bertz CT molecular complexity index is 802. The molecule has 2 aromatic rings. The lowest BCUT2D eigenvalue weighted by Crippen LogP contribution is -1.72. The molecule has 0 bridgehead atoms. The molecule has 100 valence electrons. The molecule has 0 aliphatic carbocycles. The summed E-state index contributed by atoms with van der Waals surface area (Å²) in [4.78, 5) is 7.83. The van der Waals surface area contributed by atoms with Gasteiger partial charge in [0.25, 0.3) is 0 Å². The molecule has 2 aromatic heterocycles. The lowest BCUT2D eigenvalue weighted by atomic mass is 10.3. The van der Waals surface area contributed by atoms with Crippen LogP contribution < -0.4 is 0 Å². The summed E-state index contributed by atoms with van der Waals surface area (Å²) < 4.78 is 0. The summed E-state index contributed by atoms with van der Waals surface area (Å²) in [5, 5.41) is 0. The molecule has 0 fully saturated rings. The molecule has 2 rings (SSSR count). The van der Waals surface area contributed by atoms with E-state index in [2.05, 4.69) is 57.3 Å². The normalized spacial score (nSPS) is 8.18. The van der Waals surface area contributed by atoms with Gasteiger partial charge in [-0.05, 0) is 60.1 Å². The topological polar surface area (TPSA) is 25.8 Å². The Balaban J connectivity index is 1.83. The van der Waals surface area contributed by atoms with Gasteiger partial charge in [0, 0.05) is 35.9 Å². The van der Waals surface area contributed by atoms with E-state index in [-0.39, 0.29) is 0 Å². The van der Waals surface area contributed by atoms with Gasteiger partial charge in [-0.1, -0.05) is 23.7 Å². The van der Waals surface area contributed by atoms with Crippen LogP contribution in [0, 0.1) is 47.4 Å². The third-order valence-electron chi connectivity index (χ3n) is 2.29. The molecule has 0 aromatic carbocycles. The van der Waals surface area contributed by atoms with Crippen LogP contribution >= 0.6 is 0 Å². The van der Waals surface area contributed by atoms with Gasteiger partial charge in [0.15, 0.2) is 0 Å². The number of rotatable bonds is 0. The van der Waals surface area contributed by atoms with Crippen molar-refractivity contribution in [2.24, 2.45) is 0 Å². The van der Waals surface area contributed by atoms with Gasteiger partial charge in [0.2, 0.25) is 0 Å². The summed E-state index contributed by atoms with van der Waals surface area (Å²) in [5.74, 6) is 22.3. The molecule has 2 heteroatoms. The number of pyridine rings is 2. The summed E-state index contributed by atoms with van der Waals surface area (Å²) in [6.07, 6.45) is 10.1. The molecule has 0 aliphatic rings. The summed E-state index contributed by atoms with van der Waals surface area (Å²) in [6.45, 7) is 0. The Labute approximate surface area is 130 Å². The average Bonchev–Trinajstić information content (AvgIpc) is 2.58. The van der Waals surface area contributed by atoms with Crippen LogP contribution in [-0.2, 0) is 0 Å². The van der Waals surface area contributed by atoms with Crippen molar-refractivity contribution in [3.8, 4) is 47.4 Å². The van der Waals surface area contributed by atoms with Gasteiger partial charge in [-0.15, -0.1) is 0 Å². The second kappa shape index (κ2) is 9.23. The zero-order valence-corrected chi connectivity index (χ0v) is 11.7. The maximum Gasteiger partial charge on any atom is 0.0286 e. The van der Waals surface area contributed by atoms with E-state index >= 15 is 0 Å². The van der Waals surface area contributed by atoms with E-state index in [1.165, 1.54) is 0 Å². The van der Waals surface area contributed by atoms with E-state index in [4.69, 9.17) is 0 Å². The van der Waals surface area contributed by atoms with Crippen molar-refractivity contribution >= 4 is 0 Å². The zero-order chi connectivity index (χ0) is 15.3. The molecule has 0 unspecified atom stereocenters. The second-order valence-electron chi connectivity index (χ2n) is 3.84. The Morgan fingerprint density at radius 2 is 1.00 bits per heavy atom. The quantitative estimate of drug-likeness (QED) is 0.692. The Morgan fingerprint density at radius 1 is 0.591 bits per heavy atom. The lowest BCUT2D eigenvalue weighted by Gasteiger charge is -1.83. The van der Waals surface area contributed by atoms with Crippen molar-refractivity contribution in [3.63, 3.8) is 0 Å². The smallest absolute Gasteiger partial charge is 0.0286 e. The minimum absolute atomic E-state index is 0.888. The number of hydrogen-bond donors (Lipinski definition) is 0. The largest absolute Gasteiger partial charge is 0.265 e. The Hall–Kier alpha value is -3.72. The van der Waals surface area contributed by atoms with Crippen LogP contribution in [0.5, 0.6) is 0 Å². The first-order chi connectivity index (χ1) is 10.9. The Kier molecular flexibility index (Phi) is 6.16. The fraction of sp³-hybridized carbons (Fsp3) is 0. The number of hydrogen-bond acceptors (Lipinski definition) is 2. The molecule has 0 spiro atoms. The highest BCUT2D eigenvalue weighted by Crippen LogP contribution is 1.91. The van der Waals surface area contributed by atoms with Gasteiger partial charge in [0.05, 0.1) is 0 Å². The van der Waals surface area contributed by atoms with Crippen LogP contribution in [-0.4, -0.2) is 9.97 Å². The van der Waals surface area contributed by atoms with E-state index in [1.807, 2.05) is 24.3 Å². The third-order valence-corrected chi connectivity index (χ3v) is 2.29. The fourth-order valence-electron chi connectivity index (χ4n) is 1.32.